The predicted octanol–water partition coefficient (Wildman–Crippen LogP) is 4.52. The normalized spacial score (nSPS) is 20.5. The topological polar surface area (TPSA) is 66.5 Å². The summed E-state index contributed by atoms with van der Waals surface area (Å²) in [6.45, 7) is 2.98. The molecule has 27 heavy (non-hydrogen) atoms. The summed E-state index contributed by atoms with van der Waals surface area (Å²) in [5, 5.41) is 3.50. The van der Waals surface area contributed by atoms with Gasteiger partial charge in [-0.2, -0.15) is 4.31 Å². The van der Waals surface area contributed by atoms with Gasteiger partial charge in [-0.3, -0.25) is 4.79 Å². The highest BCUT2D eigenvalue weighted by Crippen LogP contribution is 2.33. The Bertz CT molecular complexity index is 773. The molecule has 0 radical (unpaired) electrons. The van der Waals surface area contributed by atoms with Gasteiger partial charge < -0.3 is 5.32 Å². The van der Waals surface area contributed by atoms with Gasteiger partial charge in [-0.25, -0.2) is 8.42 Å². The molecule has 3 rings (SSSR count). The van der Waals surface area contributed by atoms with Crippen LogP contribution in [-0.2, 0) is 14.8 Å². The summed E-state index contributed by atoms with van der Waals surface area (Å²) in [6.07, 6.45) is 7.60. The first-order valence-electron chi connectivity index (χ1n) is 9.64. The summed E-state index contributed by atoms with van der Waals surface area (Å²) in [5.74, 6) is -0.138. The molecule has 0 bridgehead atoms. The zero-order valence-corrected chi connectivity index (χ0v) is 18.0. The van der Waals surface area contributed by atoms with E-state index in [1.807, 2.05) is 6.92 Å². The average Bonchev–Trinajstić information content (AvgIpc) is 3.17. The van der Waals surface area contributed by atoms with Crippen LogP contribution in [0.15, 0.2) is 23.1 Å². The van der Waals surface area contributed by atoms with Crippen LogP contribution < -0.4 is 5.32 Å². The molecule has 1 saturated heterocycles. The van der Waals surface area contributed by atoms with Crippen LogP contribution in [0.25, 0.3) is 0 Å². The van der Waals surface area contributed by atoms with E-state index in [1.165, 1.54) is 29.3 Å². The van der Waals surface area contributed by atoms with E-state index in [4.69, 9.17) is 11.6 Å². The van der Waals surface area contributed by atoms with Crippen molar-refractivity contribution in [2.45, 2.75) is 67.3 Å². The Hall–Kier alpha value is -0.760. The number of carbonyl (C=O) groups excluding carboxylic acids is 1. The molecular weight excluding hydrogens is 404 g/mol. The van der Waals surface area contributed by atoms with Gasteiger partial charge in [0.25, 0.3) is 0 Å². The smallest absolute Gasteiger partial charge is 0.243 e. The Morgan fingerprint density at radius 2 is 1.85 bits per heavy atom. The monoisotopic (exact) mass is 430 g/mol. The van der Waals surface area contributed by atoms with E-state index >= 15 is 0 Å². The number of anilines is 1. The van der Waals surface area contributed by atoms with Crippen LogP contribution in [0.2, 0.25) is 5.02 Å². The summed E-state index contributed by atoms with van der Waals surface area (Å²) in [7, 11) is -3.56. The molecule has 1 aliphatic heterocycles. The first-order valence-corrected chi connectivity index (χ1v) is 12.4. The molecule has 1 saturated carbocycles. The van der Waals surface area contributed by atoms with Crippen molar-refractivity contribution in [2.75, 3.05) is 18.4 Å². The minimum atomic E-state index is -3.56. The van der Waals surface area contributed by atoms with Crippen LogP contribution in [0.4, 0.5) is 5.69 Å². The SMILES string of the molecule is C[C@H](SC1CCCC1)C(=O)Nc1cc(S(=O)(=O)N2CCCCC2)ccc1Cl. The number of halogens is 1. The van der Waals surface area contributed by atoms with Crippen molar-refractivity contribution < 1.29 is 13.2 Å². The van der Waals surface area contributed by atoms with E-state index in [0.29, 0.717) is 29.0 Å². The Labute approximate surface area is 171 Å². The lowest BCUT2D eigenvalue weighted by atomic mass is 10.2. The van der Waals surface area contributed by atoms with Crippen molar-refractivity contribution in [1.29, 1.82) is 0 Å². The third kappa shape index (κ3) is 5.19. The molecule has 1 atom stereocenters. The van der Waals surface area contributed by atoms with Crippen LogP contribution in [0.3, 0.4) is 0 Å². The second-order valence-electron chi connectivity index (χ2n) is 7.28. The number of hydrogen-bond acceptors (Lipinski definition) is 4. The van der Waals surface area contributed by atoms with Gasteiger partial charge in [0.05, 0.1) is 20.9 Å². The molecule has 2 fully saturated rings. The lowest BCUT2D eigenvalue weighted by Gasteiger charge is -2.26. The fraction of sp³-hybridized carbons (Fsp3) is 0.632. The van der Waals surface area contributed by atoms with Gasteiger partial charge in [-0.05, 0) is 50.8 Å². The van der Waals surface area contributed by atoms with Crippen LogP contribution in [0.1, 0.15) is 51.9 Å². The maximum atomic E-state index is 12.9. The van der Waals surface area contributed by atoms with Crippen LogP contribution in [0, 0.1) is 0 Å². The van der Waals surface area contributed by atoms with Crippen molar-refractivity contribution in [3.8, 4) is 0 Å². The van der Waals surface area contributed by atoms with Crippen LogP contribution in [0.5, 0.6) is 0 Å². The third-order valence-corrected chi connectivity index (χ3v) is 8.92. The van der Waals surface area contributed by atoms with Crippen molar-refractivity contribution in [3.05, 3.63) is 23.2 Å². The molecule has 5 nitrogen and oxygen atoms in total. The fourth-order valence-electron chi connectivity index (χ4n) is 3.62. The number of carbonyl (C=O) groups is 1. The molecule has 150 valence electrons. The van der Waals surface area contributed by atoms with Gasteiger partial charge in [-0.15, -0.1) is 11.8 Å². The first kappa shape index (κ1) is 21.0. The summed E-state index contributed by atoms with van der Waals surface area (Å²) in [4.78, 5) is 12.7. The number of benzene rings is 1. The summed E-state index contributed by atoms with van der Waals surface area (Å²) in [6, 6.07) is 4.54. The van der Waals surface area contributed by atoms with Crippen molar-refractivity contribution in [1.82, 2.24) is 4.31 Å². The largest absolute Gasteiger partial charge is 0.324 e. The quantitative estimate of drug-likeness (QED) is 0.720. The van der Waals surface area contributed by atoms with Crippen molar-refractivity contribution in [2.24, 2.45) is 0 Å². The van der Waals surface area contributed by atoms with E-state index in [0.717, 1.165) is 32.1 Å². The second kappa shape index (κ2) is 9.16. The van der Waals surface area contributed by atoms with Crippen molar-refractivity contribution >= 4 is 45.0 Å². The molecule has 2 aliphatic rings. The van der Waals surface area contributed by atoms with Crippen LogP contribution >= 0.6 is 23.4 Å². The second-order valence-corrected chi connectivity index (χ2v) is 11.3. The number of piperidine rings is 1. The fourth-order valence-corrected chi connectivity index (χ4v) is 6.70. The molecule has 0 spiro atoms. The number of amides is 1. The van der Waals surface area contributed by atoms with Gasteiger partial charge in [-0.1, -0.05) is 30.9 Å². The maximum Gasteiger partial charge on any atom is 0.243 e. The molecule has 0 aromatic heterocycles. The number of thioether (sulfide) groups is 1. The number of rotatable bonds is 6. The summed E-state index contributed by atoms with van der Waals surface area (Å²) >= 11 is 7.91. The molecule has 1 amide bonds. The molecule has 1 aromatic rings. The van der Waals surface area contributed by atoms with Gasteiger partial charge in [0.2, 0.25) is 15.9 Å². The van der Waals surface area contributed by atoms with E-state index in [9.17, 15) is 13.2 Å². The highest BCUT2D eigenvalue weighted by molar-refractivity contribution is 8.01. The first-order chi connectivity index (χ1) is 12.9. The Balaban J connectivity index is 1.71. The molecule has 1 N–H and O–H groups in total. The van der Waals surface area contributed by atoms with Gasteiger partial charge in [0, 0.05) is 18.3 Å². The lowest BCUT2D eigenvalue weighted by Crippen LogP contribution is -2.35. The summed E-state index contributed by atoms with van der Waals surface area (Å²) in [5.41, 5.74) is 0.360. The van der Waals surface area contributed by atoms with E-state index in [2.05, 4.69) is 5.32 Å². The van der Waals surface area contributed by atoms with Gasteiger partial charge in [0.15, 0.2) is 0 Å². The minimum Gasteiger partial charge on any atom is -0.324 e. The van der Waals surface area contributed by atoms with E-state index < -0.39 is 10.0 Å². The van der Waals surface area contributed by atoms with Crippen molar-refractivity contribution in [3.63, 3.8) is 0 Å². The highest BCUT2D eigenvalue weighted by Gasteiger charge is 2.27. The highest BCUT2D eigenvalue weighted by atomic mass is 35.5. The molecule has 1 aromatic carbocycles. The zero-order chi connectivity index (χ0) is 19.4. The van der Waals surface area contributed by atoms with Gasteiger partial charge in [0.1, 0.15) is 0 Å². The lowest BCUT2D eigenvalue weighted by molar-refractivity contribution is -0.115. The average molecular weight is 431 g/mol. The maximum absolute atomic E-state index is 12.9. The number of nitrogens with one attached hydrogen (secondary N) is 1. The van der Waals surface area contributed by atoms with E-state index in [-0.39, 0.29) is 16.1 Å². The summed E-state index contributed by atoms with van der Waals surface area (Å²) < 4.78 is 27.3. The number of sulfonamides is 1. The molecule has 8 heteroatoms. The third-order valence-electron chi connectivity index (χ3n) is 5.22. The molecule has 1 aliphatic carbocycles. The predicted molar refractivity (Wildman–Crippen MR) is 112 cm³/mol. The Kier molecular flexibility index (Phi) is 7.11. The molecule has 1 heterocycles. The van der Waals surface area contributed by atoms with Crippen LogP contribution in [-0.4, -0.2) is 42.2 Å². The van der Waals surface area contributed by atoms with Gasteiger partial charge >= 0.3 is 0 Å². The number of nitrogens with zero attached hydrogens (tertiary/aromatic N) is 1. The zero-order valence-electron chi connectivity index (χ0n) is 15.6. The standard InChI is InChI=1S/C19H27ClN2O3S2/c1-14(26-15-7-3-4-8-15)19(23)21-18-13-16(9-10-17(18)20)27(24,25)22-11-5-2-6-12-22/h9-10,13-15H,2-8,11-12H2,1H3,(H,21,23)/t14-/m0/s1. The Morgan fingerprint density at radius 1 is 1.19 bits per heavy atom. The number of hydrogen-bond donors (Lipinski definition) is 1. The molecular formula is C19H27ClN2O3S2. The Morgan fingerprint density at radius 3 is 2.52 bits per heavy atom. The van der Waals surface area contributed by atoms with E-state index in [1.54, 1.807) is 17.8 Å². The minimum absolute atomic E-state index is 0.138. The molecule has 0 unspecified atom stereocenters.